The second kappa shape index (κ2) is 6.93. The highest BCUT2D eigenvalue weighted by Gasteiger charge is 2.29. The second-order valence-electron chi connectivity index (χ2n) is 5.56. The summed E-state index contributed by atoms with van der Waals surface area (Å²) in [7, 11) is 0. The highest BCUT2D eigenvalue weighted by Crippen LogP contribution is 2.39. The SMILES string of the molecule is O=C(CSc1nnc(C2CC2)o1)Nc1nc(-c2ccc(F)cc2)cs1. The fourth-order valence-electron chi connectivity index (χ4n) is 2.14. The molecule has 25 heavy (non-hydrogen) atoms. The molecule has 9 heteroatoms. The number of thiazole rings is 1. The third-order valence-corrected chi connectivity index (χ3v) is 5.14. The first-order valence-electron chi connectivity index (χ1n) is 7.65. The van der Waals surface area contributed by atoms with Gasteiger partial charge in [0.2, 0.25) is 11.8 Å². The maximum Gasteiger partial charge on any atom is 0.277 e. The largest absolute Gasteiger partial charge is 0.416 e. The van der Waals surface area contributed by atoms with Gasteiger partial charge in [0.15, 0.2) is 5.13 Å². The van der Waals surface area contributed by atoms with E-state index in [0.717, 1.165) is 18.4 Å². The Morgan fingerprint density at radius 2 is 2.12 bits per heavy atom. The highest BCUT2D eigenvalue weighted by molar-refractivity contribution is 7.99. The van der Waals surface area contributed by atoms with Crippen molar-refractivity contribution in [2.45, 2.75) is 24.0 Å². The molecule has 0 atom stereocenters. The Hall–Kier alpha value is -2.26. The summed E-state index contributed by atoms with van der Waals surface area (Å²) in [6.07, 6.45) is 2.18. The predicted octanol–water partition coefficient (Wildman–Crippen LogP) is 3.94. The summed E-state index contributed by atoms with van der Waals surface area (Å²) in [6.45, 7) is 0. The summed E-state index contributed by atoms with van der Waals surface area (Å²) in [6, 6.07) is 6.06. The molecule has 1 aliphatic carbocycles. The van der Waals surface area contributed by atoms with Crippen molar-refractivity contribution in [1.29, 1.82) is 0 Å². The van der Waals surface area contributed by atoms with Gasteiger partial charge in [-0.15, -0.1) is 21.5 Å². The molecule has 3 aromatic rings. The molecule has 1 amide bonds. The van der Waals surface area contributed by atoms with Gasteiger partial charge in [-0.2, -0.15) is 0 Å². The summed E-state index contributed by atoms with van der Waals surface area (Å²) in [5.41, 5.74) is 1.49. The summed E-state index contributed by atoms with van der Waals surface area (Å²) in [4.78, 5) is 16.4. The van der Waals surface area contributed by atoms with Crippen LogP contribution in [0.4, 0.5) is 9.52 Å². The van der Waals surface area contributed by atoms with Crippen LogP contribution in [0.25, 0.3) is 11.3 Å². The topological polar surface area (TPSA) is 80.9 Å². The van der Waals surface area contributed by atoms with Crippen LogP contribution in [0, 0.1) is 5.82 Å². The number of hydrogen-bond acceptors (Lipinski definition) is 7. The third-order valence-electron chi connectivity index (χ3n) is 3.57. The predicted molar refractivity (Wildman–Crippen MR) is 93.1 cm³/mol. The van der Waals surface area contributed by atoms with Gasteiger partial charge in [-0.1, -0.05) is 11.8 Å². The lowest BCUT2D eigenvalue weighted by Gasteiger charge is -1.99. The minimum Gasteiger partial charge on any atom is -0.416 e. The first kappa shape index (κ1) is 16.2. The van der Waals surface area contributed by atoms with Gasteiger partial charge in [0, 0.05) is 16.9 Å². The van der Waals surface area contributed by atoms with Crippen LogP contribution in [-0.2, 0) is 4.79 Å². The summed E-state index contributed by atoms with van der Waals surface area (Å²) in [5.74, 6) is 0.729. The maximum absolute atomic E-state index is 13.0. The van der Waals surface area contributed by atoms with Gasteiger partial charge < -0.3 is 9.73 Å². The van der Waals surface area contributed by atoms with E-state index in [9.17, 15) is 9.18 Å². The van der Waals surface area contributed by atoms with Crippen molar-refractivity contribution in [3.05, 3.63) is 41.4 Å². The lowest BCUT2D eigenvalue weighted by Crippen LogP contribution is -2.13. The minimum atomic E-state index is -0.296. The number of nitrogens with zero attached hydrogens (tertiary/aromatic N) is 3. The zero-order valence-corrected chi connectivity index (χ0v) is 14.6. The molecule has 6 nitrogen and oxygen atoms in total. The van der Waals surface area contributed by atoms with Crippen LogP contribution in [0.2, 0.25) is 0 Å². The highest BCUT2D eigenvalue weighted by atomic mass is 32.2. The Balaban J connectivity index is 1.32. The van der Waals surface area contributed by atoms with Crippen molar-refractivity contribution >= 4 is 34.1 Å². The molecule has 1 fully saturated rings. The van der Waals surface area contributed by atoms with Gasteiger partial charge in [0.1, 0.15) is 5.82 Å². The van der Waals surface area contributed by atoms with Crippen LogP contribution < -0.4 is 5.32 Å². The molecule has 0 bridgehead atoms. The lowest BCUT2D eigenvalue weighted by molar-refractivity contribution is -0.113. The smallest absolute Gasteiger partial charge is 0.277 e. The van der Waals surface area contributed by atoms with E-state index in [0.29, 0.717) is 27.9 Å². The Morgan fingerprint density at radius 1 is 1.32 bits per heavy atom. The van der Waals surface area contributed by atoms with E-state index in [2.05, 4.69) is 20.5 Å². The molecule has 2 aromatic heterocycles. The third kappa shape index (κ3) is 4.05. The first-order chi connectivity index (χ1) is 12.2. The number of carbonyl (C=O) groups excluding carboxylic acids is 1. The Labute approximate surface area is 150 Å². The van der Waals surface area contributed by atoms with Gasteiger partial charge in [-0.3, -0.25) is 4.79 Å². The molecule has 0 unspecified atom stereocenters. The fourth-order valence-corrected chi connectivity index (χ4v) is 3.45. The average Bonchev–Trinajstić information content (AvgIpc) is 3.17. The van der Waals surface area contributed by atoms with Gasteiger partial charge in [0.25, 0.3) is 5.22 Å². The molecule has 0 radical (unpaired) electrons. The number of amides is 1. The number of benzene rings is 1. The maximum atomic E-state index is 13.0. The number of rotatable bonds is 6. The lowest BCUT2D eigenvalue weighted by atomic mass is 10.2. The van der Waals surface area contributed by atoms with Crippen LogP contribution in [0.5, 0.6) is 0 Å². The first-order valence-corrected chi connectivity index (χ1v) is 9.51. The van der Waals surface area contributed by atoms with Crippen molar-refractivity contribution in [2.24, 2.45) is 0 Å². The van der Waals surface area contributed by atoms with Crippen molar-refractivity contribution in [3.8, 4) is 11.3 Å². The van der Waals surface area contributed by atoms with Crippen LogP contribution in [0.15, 0.2) is 39.3 Å². The van der Waals surface area contributed by atoms with E-state index in [1.807, 2.05) is 5.38 Å². The van der Waals surface area contributed by atoms with E-state index < -0.39 is 0 Å². The Morgan fingerprint density at radius 3 is 2.88 bits per heavy atom. The average molecular weight is 376 g/mol. The van der Waals surface area contributed by atoms with Crippen molar-refractivity contribution < 1.29 is 13.6 Å². The van der Waals surface area contributed by atoms with Gasteiger partial charge >= 0.3 is 0 Å². The number of nitrogens with one attached hydrogen (secondary N) is 1. The van der Waals surface area contributed by atoms with Crippen LogP contribution in [0.3, 0.4) is 0 Å². The molecular weight excluding hydrogens is 363 g/mol. The molecule has 0 spiro atoms. The van der Waals surface area contributed by atoms with E-state index >= 15 is 0 Å². The summed E-state index contributed by atoms with van der Waals surface area (Å²) >= 11 is 2.52. The number of thioether (sulfide) groups is 1. The van der Waals surface area contributed by atoms with E-state index in [4.69, 9.17) is 4.42 Å². The number of aromatic nitrogens is 3. The zero-order chi connectivity index (χ0) is 17.2. The molecule has 0 saturated heterocycles. The zero-order valence-electron chi connectivity index (χ0n) is 12.9. The van der Waals surface area contributed by atoms with Gasteiger partial charge in [-0.25, -0.2) is 9.37 Å². The van der Waals surface area contributed by atoms with Crippen LogP contribution >= 0.6 is 23.1 Å². The minimum absolute atomic E-state index is 0.164. The van der Waals surface area contributed by atoms with Crippen molar-refractivity contribution in [3.63, 3.8) is 0 Å². The fraction of sp³-hybridized carbons (Fsp3) is 0.250. The number of carbonyl (C=O) groups is 1. The molecule has 1 aromatic carbocycles. The van der Waals surface area contributed by atoms with Gasteiger partial charge in [-0.05, 0) is 37.1 Å². The van der Waals surface area contributed by atoms with Crippen LogP contribution in [-0.4, -0.2) is 26.8 Å². The number of anilines is 1. The van der Waals surface area contributed by atoms with Crippen molar-refractivity contribution in [1.82, 2.24) is 15.2 Å². The number of hydrogen-bond donors (Lipinski definition) is 1. The molecule has 4 rings (SSSR count). The molecule has 2 heterocycles. The normalized spacial score (nSPS) is 13.8. The summed E-state index contributed by atoms with van der Waals surface area (Å²) in [5, 5.41) is 13.4. The second-order valence-corrected chi connectivity index (χ2v) is 7.35. The van der Waals surface area contributed by atoms with Crippen LogP contribution in [0.1, 0.15) is 24.7 Å². The molecule has 1 aliphatic rings. The van der Waals surface area contributed by atoms with Crippen molar-refractivity contribution in [2.75, 3.05) is 11.1 Å². The number of halogens is 1. The molecule has 0 aliphatic heterocycles. The van der Waals surface area contributed by atoms with E-state index in [-0.39, 0.29) is 17.5 Å². The molecular formula is C16H13FN4O2S2. The Bertz CT molecular complexity index is 890. The molecule has 1 N–H and O–H groups in total. The summed E-state index contributed by atoms with van der Waals surface area (Å²) < 4.78 is 18.5. The van der Waals surface area contributed by atoms with Gasteiger partial charge in [0.05, 0.1) is 11.4 Å². The Kier molecular flexibility index (Phi) is 4.50. The molecule has 128 valence electrons. The monoisotopic (exact) mass is 376 g/mol. The quantitative estimate of drug-likeness (QED) is 0.656. The van der Waals surface area contributed by atoms with E-state index in [1.165, 1.54) is 35.2 Å². The van der Waals surface area contributed by atoms with E-state index in [1.54, 1.807) is 12.1 Å². The standard InChI is InChI=1S/C16H13FN4O2S2/c17-11-5-3-9(4-6-11)12-7-24-15(18-12)19-13(22)8-25-16-21-20-14(23-16)10-1-2-10/h3-7,10H,1-2,8H2,(H,18,19,22). The molecule has 1 saturated carbocycles.